The molecule has 2 unspecified atom stereocenters. The number of hydrogen-bond donors (Lipinski definition) is 2. The minimum absolute atomic E-state index is 0.302. The quantitative estimate of drug-likeness (QED) is 0.855. The van der Waals surface area contributed by atoms with Crippen LogP contribution in [0.5, 0.6) is 0 Å². The third-order valence-electron chi connectivity index (χ3n) is 3.87. The van der Waals surface area contributed by atoms with Crippen molar-refractivity contribution < 1.29 is 9.50 Å². The minimum atomic E-state index is -0.649. The summed E-state index contributed by atoms with van der Waals surface area (Å²) in [5.74, 6) is -0.302. The summed E-state index contributed by atoms with van der Waals surface area (Å²) in [6.07, 6.45) is 3.12. The second kappa shape index (κ2) is 6.98. The van der Waals surface area contributed by atoms with Crippen molar-refractivity contribution in [2.75, 3.05) is 26.7 Å². The van der Waals surface area contributed by atoms with Crippen molar-refractivity contribution in [1.29, 1.82) is 0 Å². The first kappa shape index (κ1) is 14.4. The van der Waals surface area contributed by atoms with E-state index in [1.165, 1.54) is 31.4 Å². The first-order chi connectivity index (χ1) is 9.16. The lowest BCUT2D eigenvalue weighted by Gasteiger charge is -2.32. The van der Waals surface area contributed by atoms with E-state index in [4.69, 9.17) is 0 Å². The highest BCUT2D eigenvalue weighted by atomic mass is 19.1. The Morgan fingerprint density at radius 2 is 2.32 bits per heavy atom. The first-order valence-corrected chi connectivity index (χ1v) is 7.01. The third kappa shape index (κ3) is 4.27. The van der Waals surface area contributed by atoms with Gasteiger partial charge < -0.3 is 15.3 Å². The van der Waals surface area contributed by atoms with E-state index < -0.39 is 6.10 Å². The van der Waals surface area contributed by atoms with Crippen molar-refractivity contribution in [2.45, 2.75) is 31.4 Å². The van der Waals surface area contributed by atoms with Gasteiger partial charge in [0.1, 0.15) is 5.82 Å². The van der Waals surface area contributed by atoms with Crippen molar-refractivity contribution in [3.8, 4) is 0 Å². The Labute approximate surface area is 114 Å². The second-order valence-electron chi connectivity index (χ2n) is 5.36. The van der Waals surface area contributed by atoms with Gasteiger partial charge in [-0.1, -0.05) is 18.6 Å². The number of likely N-dealkylation sites (N-methyl/N-ethyl adjacent to an activating group) is 1. The number of nitrogens with zero attached hydrogens (tertiary/aromatic N) is 1. The Kier molecular flexibility index (Phi) is 5.31. The molecule has 0 radical (unpaired) electrons. The van der Waals surface area contributed by atoms with Crippen molar-refractivity contribution in [2.24, 2.45) is 0 Å². The number of likely N-dealkylation sites (tertiary alicyclic amines) is 1. The van der Waals surface area contributed by atoms with Crippen LogP contribution in [0.2, 0.25) is 0 Å². The van der Waals surface area contributed by atoms with Gasteiger partial charge in [-0.25, -0.2) is 4.39 Å². The Bertz CT molecular complexity index is 399. The summed E-state index contributed by atoms with van der Waals surface area (Å²) in [7, 11) is 2.15. The van der Waals surface area contributed by atoms with Crippen LogP contribution in [0.3, 0.4) is 0 Å². The van der Waals surface area contributed by atoms with Gasteiger partial charge in [-0.3, -0.25) is 0 Å². The number of piperidine rings is 1. The second-order valence-corrected chi connectivity index (χ2v) is 5.36. The minimum Gasteiger partial charge on any atom is -0.387 e. The van der Waals surface area contributed by atoms with Crippen molar-refractivity contribution in [1.82, 2.24) is 10.2 Å². The predicted octanol–water partition coefficient (Wildman–Crippen LogP) is 1.93. The molecule has 106 valence electrons. The normalized spacial score (nSPS) is 22.4. The van der Waals surface area contributed by atoms with Gasteiger partial charge in [0.15, 0.2) is 0 Å². The maximum Gasteiger partial charge on any atom is 0.123 e. The molecule has 2 atom stereocenters. The zero-order chi connectivity index (χ0) is 13.7. The van der Waals surface area contributed by atoms with Crippen LogP contribution in [0, 0.1) is 5.82 Å². The van der Waals surface area contributed by atoms with Gasteiger partial charge in [0.05, 0.1) is 6.10 Å². The van der Waals surface area contributed by atoms with Gasteiger partial charge in [0.25, 0.3) is 0 Å². The highest BCUT2D eigenvalue weighted by Gasteiger charge is 2.18. The van der Waals surface area contributed by atoms with Gasteiger partial charge >= 0.3 is 0 Å². The molecule has 3 nitrogen and oxygen atoms in total. The lowest BCUT2D eigenvalue weighted by atomic mass is 10.0. The number of aliphatic hydroxyl groups excluding tert-OH is 1. The molecule has 4 heteroatoms. The van der Waals surface area contributed by atoms with Crippen LogP contribution in [-0.2, 0) is 0 Å². The molecule has 1 heterocycles. The zero-order valence-corrected chi connectivity index (χ0v) is 11.5. The van der Waals surface area contributed by atoms with Crippen LogP contribution in [0.25, 0.3) is 0 Å². The van der Waals surface area contributed by atoms with E-state index in [2.05, 4.69) is 17.3 Å². The fourth-order valence-corrected chi connectivity index (χ4v) is 2.62. The smallest absolute Gasteiger partial charge is 0.123 e. The summed E-state index contributed by atoms with van der Waals surface area (Å²) in [6.45, 7) is 2.50. The summed E-state index contributed by atoms with van der Waals surface area (Å²) in [5.41, 5.74) is 0.629. The van der Waals surface area contributed by atoms with Crippen molar-refractivity contribution in [3.05, 3.63) is 35.6 Å². The molecule has 1 aromatic carbocycles. The summed E-state index contributed by atoms with van der Waals surface area (Å²) in [5, 5.41) is 13.3. The number of hydrogen-bond acceptors (Lipinski definition) is 3. The Morgan fingerprint density at radius 3 is 3.05 bits per heavy atom. The molecule has 1 aliphatic heterocycles. The molecule has 1 fully saturated rings. The molecule has 2 N–H and O–H groups in total. The van der Waals surface area contributed by atoms with Crippen LogP contribution >= 0.6 is 0 Å². The van der Waals surface area contributed by atoms with E-state index >= 15 is 0 Å². The van der Waals surface area contributed by atoms with Gasteiger partial charge in [0.2, 0.25) is 0 Å². The van der Waals surface area contributed by atoms with Crippen molar-refractivity contribution in [3.63, 3.8) is 0 Å². The molecule has 0 saturated carbocycles. The average molecular weight is 266 g/mol. The molecule has 1 aromatic rings. The van der Waals surface area contributed by atoms with Crippen LogP contribution in [-0.4, -0.2) is 42.7 Å². The van der Waals surface area contributed by atoms with E-state index in [1.54, 1.807) is 12.1 Å². The van der Waals surface area contributed by atoms with Gasteiger partial charge in [-0.05, 0) is 44.1 Å². The average Bonchev–Trinajstić information content (AvgIpc) is 2.41. The molecule has 0 spiro atoms. The summed E-state index contributed by atoms with van der Waals surface area (Å²) in [4.78, 5) is 2.37. The molecule has 2 rings (SSSR count). The predicted molar refractivity (Wildman–Crippen MR) is 74.5 cm³/mol. The Balaban J connectivity index is 1.76. The Hall–Kier alpha value is -0.970. The maximum atomic E-state index is 13.1. The van der Waals surface area contributed by atoms with Crippen LogP contribution < -0.4 is 5.32 Å². The van der Waals surface area contributed by atoms with Gasteiger partial charge in [-0.2, -0.15) is 0 Å². The van der Waals surface area contributed by atoms with Crippen LogP contribution in [0.4, 0.5) is 4.39 Å². The Morgan fingerprint density at radius 1 is 1.47 bits per heavy atom. The molecule has 19 heavy (non-hydrogen) atoms. The number of halogens is 1. The third-order valence-corrected chi connectivity index (χ3v) is 3.87. The highest BCUT2D eigenvalue weighted by Crippen LogP contribution is 2.15. The molecular weight excluding hydrogens is 243 g/mol. The number of aliphatic hydroxyl groups is 1. The number of nitrogens with one attached hydrogen (secondary N) is 1. The topological polar surface area (TPSA) is 35.5 Å². The molecule has 0 bridgehead atoms. The molecule has 1 aliphatic rings. The van der Waals surface area contributed by atoms with E-state index in [9.17, 15) is 9.50 Å². The van der Waals surface area contributed by atoms with E-state index in [0.29, 0.717) is 18.2 Å². The van der Waals surface area contributed by atoms with E-state index in [-0.39, 0.29) is 5.82 Å². The standard InChI is InChI=1S/C15H23FN2O/c1-18-8-3-2-7-14(18)10-17-11-15(19)12-5-4-6-13(16)9-12/h4-6,9,14-15,17,19H,2-3,7-8,10-11H2,1H3. The SMILES string of the molecule is CN1CCCCC1CNCC(O)c1cccc(F)c1. The number of rotatable bonds is 5. The summed E-state index contributed by atoms with van der Waals surface area (Å²) in [6, 6.07) is 6.71. The first-order valence-electron chi connectivity index (χ1n) is 7.01. The molecule has 1 saturated heterocycles. The molecular formula is C15H23FN2O. The lowest BCUT2D eigenvalue weighted by molar-refractivity contribution is 0.153. The zero-order valence-electron chi connectivity index (χ0n) is 11.5. The highest BCUT2D eigenvalue weighted by molar-refractivity contribution is 5.18. The molecule has 0 aliphatic carbocycles. The van der Waals surface area contributed by atoms with E-state index in [1.807, 2.05) is 0 Å². The van der Waals surface area contributed by atoms with Gasteiger partial charge in [-0.15, -0.1) is 0 Å². The van der Waals surface area contributed by atoms with Crippen LogP contribution in [0.1, 0.15) is 30.9 Å². The fraction of sp³-hybridized carbons (Fsp3) is 0.600. The fourth-order valence-electron chi connectivity index (χ4n) is 2.62. The number of benzene rings is 1. The summed E-state index contributed by atoms with van der Waals surface area (Å²) >= 11 is 0. The molecule has 0 amide bonds. The largest absolute Gasteiger partial charge is 0.387 e. The van der Waals surface area contributed by atoms with Crippen LogP contribution in [0.15, 0.2) is 24.3 Å². The molecule has 0 aromatic heterocycles. The monoisotopic (exact) mass is 266 g/mol. The maximum absolute atomic E-state index is 13.1. The lowest BCUT2D eigenvalue weighted by Crippen LogP contribution is -2.43. The van der Waals surface area contributed by atoms with Crippen molar-refractivity contribution >= 4 is 0 Å². The summed E-state index contributed by atoms with van der Waals surface area (Å²) < 4.78 is 13.1. The van der Waals surface area contributed by atoms with Gasteiger partial charge in [0, 0.05) is 19.1 Å². The van der Waals surface area contributed by atoms with E-state index in [0.717, 1.165) is 13.1 Å².